The summed E-state index contributed by atoms with van der Waals surface area (Å²) in [7, 11) is 0. The van der Waals surface area contributed by atoms with Crippen LogP contribution in [0.25, 0.3) is 16.9 Å². The number of benzene rings is 1. The molecule has 0 atom stereocenters. The Kier molecular flexibility index (Phi) is 4.42. The highest BCUT2D eigenvalue weighted by atomic mass is 16.5. The molecule has 0 aliphatic rings. The highest BCUT2D eigenvalue weighted by Gasteiger charge is 2.18. The molecule has 2 aromatic heterocycles. The molecule has 2 heterocycles. The van der Waals surface area contributed by atoms with E-state index in [-0.39, 0.29) is 5.69 Å². The Morgan fingerprint density at radius 3 is 2.83 bits per heavy atom. The van der Waals surface area contributed by atoms with Crippen molar-refractivity contribution in [1.29, 1.82) is 0 Å². The van der Waals surface area contributed by atoms with Crippen LogP contribution in [-0.2, 0) is 0 Å². The molecule has 0 fully saturated rings. The molecule has 0 spiro atoms. The average molecular weight is 308 g/mol. The summed E-state index contributed by atoms with van der Waals surface area (Å²) in [4.78, 5) is 15.4. The summed E-state index contributed by atoms with van der Waals surface area (Å²) in [6.45, 7) is 2.65. The highest BCUT2D eigenvalue weighted by molar-refractivity contribution is 5.83. The number of aldehydes is 1. The van der Waals surface area contributed by atoms with Crippen molar-refractivity contribution in [2.24, 2.45) is 0 Å². The maximum atomic E-state index is 11.3. The van der Waals surface area contributed by atoms with Crippen molar-refractivity contribution in [3.63, 3.8) is 0 Å². The quantitative estimate of drug-likeness (QED) is 0.655. The van der Waals surface area contributed by atoms with Crippen LogP contribution in [0.3, 0.4) is 0 Å². The third kappa shape index (κ3) is 2.96. The Morgan fingerprint density at radius 2 is 2.09 bits per heavy atom. The first-order valence-corrected chi connectivity index (χ1v) is 7.38. The number of hydrogen-bond donors (Lipinski definition) is 0. The summed E-state index contributed by atoms with van der Waals surface area (Å²) in [5.74, 6) is 0.696. The number of para-hydroxylation sites is 2. The van der Waals surface area contributed by atoms with Gasteiger partial charge in [0, 0.05) is 18.0 Å². The zero-order valence-electron chi connectivity index (χ0n) is 12.7. The summed E-state index contributed by atoms with van der Waals surface area (Å²) >= 11 is 0. The lowest BCUT2D eigenvalue weighted by Gasteiger charge is -2.12. The number of carbonyl (C=O) groups is 1. The summed E-state index contributed by atoms with van der Waals surface area (Å²) in [5, 5.41) is 8.10. The number of aromatic nitrogens is 4. The lowest BCUT2D eigenvalue weighted by atomic mass is 10.1. The molecular weight excluding hydrogens is 292 g/mol. The largest absolute Gasteiger partial charge is 0.491 e. The van der Waals surface area contributed by atoms with Gasteiger partial charge in [-0.25, -0.2) is 4.68 Å². The first-order chi connectivity index (χ1) is 11.3. The second-order valence-corrected chi connectivity index (χ2v) is 4.91. The van der Waals surface area contributed by atoms with E-state index in [1.54, 1.807) is 23.1 Å². The van der Waals surface area contributed by atoms with Gasteiger partial charge in [0.05, 0.1) is 6.61 Å². The topological polar surface area (TPSA) is 69.9 Å². The van der Waals surface area contributed by atoms with Crippen LogP contribution in [0.15, 0.2) is 48.8 Å². The number of nitrogens with zero attached hydrogens (tertiary/aromatic N) is 4. The molecule has 0 N–H and O–H groups in total. The highest BCUT2D eigenvalue weighted by Crippen LogP contribution is 2.28. The van der Waals surface area contributed by atoms with E-state index in [1.807, 2.05) is 37.3 Å². The number of ether oxygens (including phenoxy) is 1. The molecule has 3 aromatic rings. The molecule has 0 aliphatic heterocycles. The Hall–Kier alpha value is -3.02. The SMILES string of the molecule is CCCOc1ccccc1-n1nnc(C=O)c1-c1cccnc1. The van der Waals surface area contributed by atoms with Gasteiger partial charge in [-0.05, 0) is 30.7 Å². The Morgan fingerprint density at radius 1 is 1.22 bits per heavy atom. The molecule has 116 valence electrons. The fourth-order valence-electron chi connectivity index (χ4n) is 2.28. The van der Waals surface area contributed by atoms with Gasteiger partial charge in [0.2, 0.25) is 0 Å². The van der Waals surface area contributed by atoms with Crippen molar-refractivity contribution in [3.8, 4) is 22.7 Å². The van der Waals surface area contributed by atoms with Crippen molar-refractivity contribution >= 4 is 6.29 Å². The van der Waals surface area contributed by atoms with Gasteiger partial charge in [-0.1, -0.05) is 24.3 Å². The van der Waals surface area contributed by atoms with E-state index in [2.05, 4.69) is 15.3 Å². The van der Waals surface area contributed by atoms with E-state index >= 15 is 0 Å². The van der Waals surface area contributed by atoms with Gasteiger partial charge in [0.1, 0.15) is 17.1 Å². The normalized spacial score (nSPS) is 10.5. The third-order valence-electron chi connectivity index (χ3n) is 3.30. The number of pyridine rings is 1. The van der Waals surface area contributed by atoms with Crippen LogP contribution in [0.2, 0.25) is 0 Å². The predicted molar refractivity (Wildman–Crippen MR) is 85.8 cm³/mol. The Labute approximate surface area is 133 Å². The molecule has 23 heavy (non-hydrogen) atoms. The van der Waals surface area contributed by atoms with E-state index < -0.39 is 0 Å². The van der Waals surface area contributed by atoms with Crippen molar-refractivity contribution < 1.29 is 9.53 Å². The number of hydrogen-bond acceptors (Lipinski definition) is 5. The minimum atomic E-state index is 0.267. The summed E-state index contributed by atoms with van der Waals surface area (Å²) < 4.78 is 7.40. The molecule has 6 heteroatoms. The third-order valence-corrected chi connectivity index (χ3v) is 3.30. The second-order valence-electron chi connectivity index (χ2n) is 4.91. The summed E-state index contributed by atoms with van der Waals surface area (Å²) in [6, 6.07) is 11.2. The molecule has 0 saturated carbocycles. The van der Waals surface area contributed by atoms with E-state index in [9.17, 15) is 4.79 Å². The Bertz CT molecular complexity index is 799. The minimum absolute atomic E-state index is 0.267. The van der Waals surface area contributed by atoms with Crippen LogP contribution in [0.5, 0.6) is 5.75 Å². The standard InChI is InChI=1S/C17H16N4O2/c1-2-10-23-16-8-4-3-7-15(16)21-17(14(12-22)19-20-21)13-6-5-9-18-11-13/h3-9,11-12H,2,10H2,1H3. The fourth-order valence-corrected chi connectivity index (χ4v) is 2.28. The fraction of sp³-hybridized carbons (Fsp3) is 0.176. The maximum Gasteiger partial charge on any atom is 0.172 e. The van der Waals surface area contributed by atoms with Gasteiger partial charge >= 0.3 is 0 Å². The zero-order valence-corrected chi connectivity index (χ0v) is 12.7. The predicted octanol–water partition coefficient (Wildman–Crippen LogP) is 2.93. The van der Waals surface area contributed by atoms with Gasteiger partial charge in [0.25, 0.3) is 0 Å². The first kappa shape index (κ1) is 14.9. The van der Waals surface area contributed by atoms with Crippen molar-refractivity contribution in [3.05, 3.63) is 54.5 Å². The lowest BCUT2D eigenvalue weighted by Crippen LogP contribution is -2.05. The van der Waals surface area contributed by atoms with Crippen molar-refractivity contribution in [1.82, 2.24) is 20.0 Å². The summed E-state index contributed by atoms with van der Waals surface area (Å²) in [6.07, 6.45) is 4.95. The number of rotatable bonds is 6. The molecule has 0 unspecified atom stereocenters. The van der Waals surface area contributed by atoms with Gasteiger partial charge in [0.15, 0.2) is 12.0 Å². The zero-order chi connectivity index (χ0) is 16.1. The molecule has 0 aliphatic carbocycles. The molecular formula is C17H16N4O2. The maximum absolute atomic E-state index is 11.3. The van der Waals surface area contributed by atoms with E-state index in [0.29, 0.717) is 24.3 Å². The molecule has 1 aromatic carbocycles. The van der Waals surface area contributed by atoms with Gasteiger partial charge < -0.3 is 4.74 Å². The smallest absolute Gasteiger partial charge is 0.172 e. The molecule has 0 bridgehead atoms. The molecule has 0 saturated heterocycles. The second kappa shape index (κ2) is 6.83. The molecule has 0 radical (unpaired) electrons. The van der Waals surface area contributed by atoms with Crippen LogP contribution >= 0.6 is 0 Å². The van der Waals surface area contributed by atoms with Crippen molar-refractivity contribution in [2.75, 3.05) is 6.61 Å². The van der Waals surface area contributed by atoms with Gasteiger partial charge in [-0.15, -0.1) is 5.10 Å². The first-order valence-electron chi connectivity index (χ1n) is 7.38. The van der Waals surface area contributed by atoms with E-state index in [1.165, 1.54) is 0 Å². The lowest BCUT2D eigenvalue weighted by molar-refractivity contribution is 0.111. The molecule has 3 rings (SSSR count). The van der Waals surface area contributed by atoms with Crippen LogP contribution < -0.4 is 4.74 Å². The van der Waals surface area contributed by atoms with Gasteiger partial charge in [-0.3, -0.25) is 9.78 Å². The van der Waals surface area contributed by atoms with Crippen molar-refractivity contribution in [2.45, 2.75) is 13.3 Å². The average Bonchev–Trinajstić information content (AvgIpc) is 3.04. The van der Waals surface area contributed by atoms with Gasteiger partial charge in [-0.2, -0.15) is 0 Å². The minimum Gasteiger partial charge on any atom is -0.491 e. The van der Waals surface area contributed by atoms with E-state index in [0.717, 1.165) is 17.7 Å². The summed E-state index contributed by atoms with van der Waals surface area (Å²) in [5.41, 5.74) is 2.37. The van der Waals surface area contributed by atoms with Crippen LogP contribution in [-0.4, -0.2) is 32.9 Å². The molecule has 6 nitrogen and oxygen atoms in total. The molecule has 0 amide bonds. The monoisotopic (exact) mass is 308 g/mol. The van der Waals surface area contributed by atoms with E-state index in [4.69, 9.17) is 4.74 Å². The van der Waals surface area contributed by atoms with Crippen LogP contribution in [0, 0.1) is 0 Å². The van der Waals surface area contributed by atoms with Crippen LogP contribution in [0.1, 0.15) is 23.8 Å². The van der Waals surface area contributed by atoms with Crippen LogP contribution in [0.4, 0.5) is 0 Å². The Balaban J connectivity index is 2.15. The number of carbonyl (C=O) groups excluding carboxylic acids is 1.